The fourth-order valence-corrected chi connectivity index (χ4v) is 2.10. The molecule has 1 heterocycles. The quantitative estimate of drug-likeness (QED) is 0.669. The molecule has 1 saturated heterocycles. The number of rotatable bonds is 2. The van der Waals surface area contributed by atoms with Crippen LogP contribution in [0.3, 0.4) is 0 Å². The van der Waals surface area contributed by atoms with Crippen LogP contribution < -0.4 is 10.6 Å². The SMILES string of the molecule is CC(=O)NC(C)(C)C1CCNCC1. The van der Waals surface area contributed by atoms with Gasteiger partial charge in [0.05, 0.1) is 0 Å². The third kappa shape index (κ3) is 2.99. The zero-order valence-electron chi connectivity index (χ0n) is 8.81. The highest BCUT2D eigenvalue weighted by Crippen LogP contribution is 2.25. The summed E-state index contributed by atoms with van der Waals surface area (Å²) in [6.45, 7) is 7.97. The van der Waals surface area contributed by atoms with Gasteiger partial charge >= 0.3 is 0 Å². The molecular weight excluding hydrogens is 164 g/mol. The van der Waals surface area contributed by atoms with Gasteiger partial charge in [-0.05, 0) is 45.7 Å². The van der Waals surface area contributed by atoms with E-state index in [1.807, 2.05) is 0 Å². The molecule has 1 rings (SSSR count). The molecule has 3 nitrogen and oxygen atoms in total. The molecule has 0 aromatic rings. The van der Waals surface area contributed by atoms with Crippen LogP contribution in [0.4, 0.5) is 0 Å². The minimum Gasteiger partial charge on any atom is -0.351 e. The highest BCUT2D eigenvalue weighted by molar-refractivity contribution is 5.73. The second kappa shape index (κ2) is 4.09. The summed E-state index contributed by atoms with van der Waals surface area (Å²) in [5.74, 6) is 0.682. The third-order valence-electron chi connectivity index (χ3n) is 2.86. The topological polar surface area (TPSA) is 41.1 Å². The second-order valence-electron chi connectivity index (χ2n) is 4.43. The summed E-state index contributed by atoms with van der Waals surface area (Å²) in [7, 11) is 0. The van der Waals surface area contributed by atoms with Crippen molar-refractivity contribution in [3.05, 3.63) is 0 Å². The van der Waals surface area contributed by atoms with Crippen molar-refractivity contribution in [2.75, 3.05) is 13.1 Å². The standard InChI is InChI=1S/C10H20N2O/c1-8(13)12-10(2,3)9-4-6-11-7-5-9/h9,11H,4-7H2,1-3H3,(H,12,13). The predicted octanol–water partition coefficient (Wildman–Crippen LogP) is 0.901. The molecule has 0 radical (unpaired) electrons. The van der Waals surface area contributed by atoms with Crippen LogP contribution in [0.2, 0.25) is 0 Å². The lowest BCUT2D eigenvalue weighted by molar-refractivity contribution is -0.121. The van der Waals surface area contributed by atoms with E-state index in [4.69, 9.17) is 0 Å². The van der Waals surface area contributed by atoms with E-state index in [9.17, 15) is 4.79 Å². The minimum atomic E-state index is -0.0477. The van der Waals surface area contributed by atoms with Crippen LogP contribution in [0, 0.1) is 5.92 Å². The van der Waals surface area contributed by atoms with Gasteiger partial charge in [0.1, 0.15) is 0 Å². The summed E-state index contributed by atoms with van der Waals surface area (Å²) in [4.78, 5) is 11.0. The molecule has 2 N–H and O–H groups in total. The fourth-order valence-electron chi connectivity index (χ4n) is 2.10. The molecule has 0 spiro atoms. The van der Waals surface area contributed by atoms with Crippen LogP contribution in [0.5, 0.6) is 0 Å². The average molecular weight is 184 g/mol. The summed E-state index contributed by atoms with van der Waals surface area (Å²) in [6, 6.07) is 0. The van der Waals surface area contributed by atoms with Crippen LogP contribution in [0.25, 0.3) is 0 Å². The first kappa shape index (κ1) is 10.5. The molecule has 1 amide bonds. The number of hydrogen-bond donors (Lipinski definition) is 2. The van der Waals surface area contributed by atoms with Gasteiger partial charge in [-0.25, -0.2) is 0 Å². The lowest BCUT2D eigenvalue weighted by Gasteiger charge is -2.37. The Morgan fingerprint density at radius 1 is 1.38 bits per heavy atom. The van der Waals surface area contributed by atoms with Gasteiger partial charge in [0.2, 0.25) is 5.91 Å². The van der Waals surface area contributed by atoms with Crippen molar-refractivity contribution in [1.82, 2.24) is 10.6 Å². The van der Waals surface area contributed by atoms with Crippen LogP contribution in [-0.4, -0.2) is 24.5 Å². The second-order valence-corrected chi connectivity index (χ2v) is 4.43. The molecule has 0 unspecified atom stereocenters. The first-order valence-corrected chi connectivity index (χ1v) is 5.02. The maximum atomic E-state index is 11.0. The van der Waals surface area contributed by atoms with Crippen molar-refractivity contribution in [2.45, 2.75) is 39.2 Å². The van der Waals surface area contributed by atoms with E-state index in [-0.39, 0.29) is 11.4 Å². The maximum Gasteiger partial charge on any atom is 0.217 e. The number of nitrogens with one attached hydrogen (secondary N) is 2. The van der Waals surface area contributed by atoms with Crippen LogP contribution >= 0.6 is 0 Å². The van der Waals surface area contributed by atoms with Gasteiger partial charge in [0.25, 0.3) is 0 Å². The molecule has 0 atom stereocenters. The maximum absolute atomic E-state index is 11.0. The highest BCUT2D eigenvalue weighted by Gasteiger charge is 2.30. The Hall–Kier alpha value is -0.570. The summed E-state index contributed by atoms with van der Waals surface area (Å²) >= 11 is 0. The van der Waals surface area contributed by atoms with E-state index in [1.165, 1.54) is 0 Å². The first-order chi connectivity index (χ1) is 6.02. The van der Waals surface area contributed by atoms with Gasteiger partial charge in [-0.15, -0.1) is 0 Å². The van der Waals surface area contributed by atoms with Crippen LogP contribution in [0.15, 0.2) is 0 Å². The lowest BCUT2D eigenvalue weighted by atomic mass is 9.81. The Balaban J connectivity index is 2.50. The molecule has 0 bridgehead atoms. The van der Waals surface area contributed by atoms with Gasteiger partial charge in [0.15, 0.2) is 0 Å². The molecule has 0 aromatic heterocycles. The predicted molar refractivity (Wildman–Crippen MR) is 53.5 cm³/mol. The highest BCUT2D eigenvalue weighted by atomic mass is 16.1. The van der Waals surface area contributed by atoms with Crippen LogP contribution in [0.1, 0.15) is 33.6 Å². The Morgan fingerprint density at radius 2 is 1.92 bits per heavy atom. The van der Waals surface area contributed by atoms with Crippen molar-refractivity contribution in [1.29, 1.82) is 0 Å². The van der Waals surface area contributed by atoms with Crippen molar-refractivity contribution in [3.8, 4) is 0 Å². The smallest absolute Gasteiger partial charge is 0.217 e. The monoisotopic (exact) mass is 184 g/mol. The van der Waals surface area contributed by atoms with E-state index >= 15 is 0 Å². The molecule has 0 aromatic carbocycles. The molecule has 3 heteroatoms. The average Bonchev–Trinajstić information content (AvgIpc) is 2.04. The Morgan fingerprint density at radius 3 is 2.38 bits per heavy atom. The molecular formula is C10H20N2O. The molecule has 13 heavy (non-hydrogen) atoms. The van der Waals surface area contributed by atoms with E-state index in [0.29, 0.717) is 5.92 Å². The van der Waals surface area contributed by atoms with Crippen molar-refractivity contribution in [3.63, 3.8) is 0 Å². The lowest BCUT2D eigenvalue weighted by Crippen LogP contribution is -2.51. The largest absolute Gasteiger partial charge is 0.351 e. The normalized spacial score (nSPS) is 19.9. The van der Waals surface area contributed by atoms with Gasteiger partial charge in [-0.3, -0.25) is 4.79 Å². The van der Waals surface area contributed by atoms with Crippen LogP contribution in [-0.2, 0) is 4.79 Å². The molecule has 1 fully saturated rings. The number of carbonyl (C=O) groups is 1. The number of piperidine rings is 1. The van der Waals surface area contributed by atoms with Gasteiger partial charge in [0, 0.05) is 12.5 Å². The molecule has 1 aliphatic rings. The molecule has 76 valence electrons. The van der Waals surface area contributed by atoms with Gasteiger partial charge in [-0.2, -0.15) is 0 Å². The summed E-state index contributed by atoms with van der Waals surface area (Å²) < 4.78 is 0. The summed E-state index contributed by atoms with van der Waals surface area (Å²) in [6.07, 6.45) is 2.32. The molecule has 1 aliphatic heterocycles. The first-order valence-electron chi connectivity index (χ1n) is 5.02. The van der Waals surface area contributed by atoms with Crippen molar-refractivity contribution >= 4 is 5.91 Å². The van der Waals surface area contributed by atoms with Gasteiger partial charge in [-0.1, -0.05) is 0 Å². The summed E-state index contributed by atoms with van der Waals surface area (Å²) in [5, 5.41) is 6.35. The Bertz CT molecular complexity index is 183. The summed E-state index contributed by atoms with van der Waals surface area (Å²) in [5.41, 5.74) is -0.0477. The number of amides is 1. The number of hydrogen-bond acceptors (Lipinski definition) is 2. The Kier molecular flexibility index (Phi) is 3.31. The third-order valence-corrected chi connectivity index (χ3v) is 2.86. The van der Waals surface area contributed by atoms with E-state index in [0.717, 1.165) is 25.9 Å². The molecule has 0 aliphatic carbocycles. The molecule has 0 saturated carbocycles. The van der Waals surface area contributed by atoms with Crippen molar-refractivity contribution in [2.24, 2.45) is 5.92 Å². The minimum absolute atomic E-state index is 0.0477. The fraction of sp³-hybridized carbons (Fsp3) is 0.900. The zero-order valence-corrected chi connectivity index (χ0v) is 8.81. The zero-order chi connectivity index (χ0) is 9.90. The number of carbonyl (C=O) groups excluding carboxylic acids is 1. The van der Waals surface area contributed by atoms with E-state index in [1.54, 1.807) is 6.92 Å². The van der Waals surface area contributed by atoms with Crippen molar-refractivity contribution < 1.29 is 4.79 Å². The van der Waals surface area contributed by atoms with E-state index in [2.05, 4.69) is 24.5 Å². The van der Waals surface area contributed by atoms with E-state index < -0.39 is 0 Å². The van der Waals surface area contributed by atoms with Gasteiger partial charge < -0.3 is 10.6 Å². The Labute approximate surface area is 80.3 Å².